The largest absolute Gasteiger partial charge is 0.446 e. The third-order valence-corrected chi connectivity index (χ3v) is 7.09. The molecule has 0 saturated heterocycles. The van der Waals surface area contributed by atoms with Gasteiger partial charge in [0.25, 0.3) is 0 Å². The van der Waals surface area contributed by atoms with E-state index in [2.05, 4.69) is 5.32 Å². The van der Waals surface area contributed by atoms with E-state index in [4.69, 9.17) is 4.55 Å². The van der Waals surface area contributed by atoms with Crippen molar-refractivity contribution in [2.24, 2.45) is 5.41 Å². The summed E-state index contributed by atoms with van der Waals surface area (Å²) in [6, 6.07) is 0. The van der Waals surface area contributed by atoms with Crippen LogP contribution in [-0.4, -0.2) is 43.1 Å². The molecule has 0 aromatic heterocycles. The van der Waals surface area contributed by atoms with Gasteiger partial charge in [-0.1, -0.05) is 97.8 Å². The zero-order chi connectivity index (χ0) is 26.1. The van der Waals surface area contributed by atoms with Gasteiger partial charge in [-0.25, -0.2) is 0 Å². The van der Waals surface area contributed by atoms with Gasteiger partial charge >= 0.3 is 21.3 Å². The van der Waals surface area contributed by atoms with Gasteiger partial charge < -0.3 is 10.6 Å². The quantitative estimate of drug-likeness (QED) is 0.137. The molecule has 0 aliphatic carbocycles. The Hall–Kier alpha value is -1.29. The van der Waals surface area contributed by atoms with Crippen LogP contribution in [0, 0.1) is 5.41 Å². The first-order chi connectivity index (χ1) is 15.9. The molecule has 0 fully saturated rings. The van der Waals surface area contributed by atoms with Crippen LogP contribution >= 0.6 is 0 Å². The van der Waals surface area contributed by atoms with Crippen LogP contribution in [0.5, 0.6) is 0 Å². The van der Waals surface area contributed by atoms with Crippen LogP contribution in [0.15, 0.2) is 0 Å². The van der Waals surface area contributed by atoms with Gasteiger partial charge in [-0.05, 0) is 19.3 Å². The van der Waals surface area contributed by atoms with Crippen molar-refractivity contribution in [2.75, 3.05) is 13.1 Å². The van der Waals surface area contributed by atoms with E-state index >= 15 is 0 Å². The number of alkyl halides is 2. The standard InChI is InChI=1S/C24H46F2N2O5S/c1-4-23(2,3)21(29)27-19-17-15-13-11-9-7-5-6-8-10-12-14-16-18-20-28-22(30)24(25,26)34(31,32)33/h4-20H2,1-3H3,(H,27,29)(H,28,30)(H,31,32,33). The lowest BCUT2D eigenvalue weighted by Gasteiger charge is -2.21. The highest BCUT2D eigenvalue weighted by Crippen LogP contribution is 2.21. The topological polar surface area (TPSA) is 113 Å². The first-order valence-corrected chi connectivity index (χ1v) is 14.2. The van der Waals surface area contributed by atoms with Crippen molar-refractivity contribution in [2.45, 2.75) is 122 Å². The summed E-state index contributed by atoms with van der Waals surface area (Å²) >= 11 is 0. The maximum atomic E-state index is 13.0. The molecule has 0 rings (SSSR count). The minimum atomic E-state index is -5.74. The molecular weight excluding hydrogens is 466 g/mol. The average Bonchev–Trinajstić information content (AvgIpc) is 2.76. The van der Waals surface area contributed by atoms with Crippen molar-refractivity contribution in [3.63, 3.8) is 0 Å². The molecule has 0 radical (unpaired) electrons. The zero-order valence-electron chi connectivity index (χ0n) is 21.3. The molecule has 7 nitrogen and oxygen atoms in total. The fourth-order valence-electron chi connectivity index (χ4n) is 3.40. The number of carbonyl (C=O) groups excluding carboxylic acids is 2. The molecule has 34 heavy (non-hydrogen) atoms. The second-order valence-corrected chi connectivity index (χ2v) is 11.2. The monoisotopic (exact) mass is 512 g/mol. The third-order valence-electron chi connectivity index (χ3n) is 6.26. The normalized spacial score (nSPS) is 12.5. The highest BCUT2D eigenvalue weighted by molar-refractivity contribution is 7.87. The van der Waals surface area contributed by atoms with Crippen LogP contribution in [0.25, 0.3) is 0 Å². The van der Waals surface area contributed by atoms with Crippen molar-refractivity contribution in [1.82, 2.24) is 10.6 Å². The summed E-state index contributed by atoms with van der Waals surface area (Å²) in [5.74, 6) is -1.85. The zero-order valence-corrected chi connectivity index (χ0v) is 22.1. The lowest BCUT2D eigenvalue weighted by Crippen LogP contribution is -2.45. The second-order valence-electron chi connectivity index (χ2n) is 9.69. The van der Waals surface area contributed by atoms with E-state index in [1.165, 1.54) is 44.9 Å². The van der Waals surface area contributed by atoms with Gasteiger partial charge in [-0.15, -0.1) is 0 Å². The fraction of sp³-hybridized carbons (Fsp3) is 0.917. The van der Waals surface area contributed by atoms with Crippen molar-refractivity contribution >= 4 is 21.9 Å². The number of unbranched alkanes of at least 4 members (excludes halogenated alkanes) is 13. The predicted molar refractivity (Wildman–Crippen MR) is 131 cm³/mol. The van der Waals surface area contributed by atoms with Gasteiger partial charge in [-0.2, -0.15) is 17.2 Å². The lowest BCUT2D eigenvalue weighted by atomic mass is 9.89. The summed E-state index contributed by atoms with van der Waals surface area (Å²) in [4.78, 5) is 23.1. The number of hydrogen-bond acceptors (Lipinski definition) is 4. The molecule has 10 heteroatoms. The molecule has 0 unspecified atom stereocenters. The number of amides is 2. The van der Waals surface area contributed by atoms with Gasteiger partial charge in [0, 0.05) is 18.5 Å². The number of hydrogen-bond donors (Lipinski definition) is 3. The molecule has 0 heterocycles. The van der Waals surface area contributed by atoms with Crippen molar-refractivity contribution < 1.29 is 31.3 Å². The van der Waals surface area contributed by atoms with E-state index in [0.717, 1.165) is 51.5 Å². The number of rotatable bonds is 21. The maximum absolute atomic E-state index is 13.0. The predicted octanol–water partition coefficient (Wildman–Crippen LogP) is 5.60. The molecule has 0 bridgehead atoms. The summed E-state index contributed by atoms with van der Waals surface area (Å²) in [6.45, 7) is 6.69. The Morgan fingerprint density at radius 1 is 0.676 bits per heavy atom. The van der Waals surface area contributed by atoms with E-state index in [1.54, 1.807) is 0 Å². The molecule has 0 saturated carbocycles. The van der Waals surface area contributed by atoms with Crippen LogP contribution in [0.4, 0.5) is 8.78 Å². The van der Waals surface area contributed by atoms with Gasteiger partial charge in [0.2, 0.25) is 5.91 Å². The first-order valence-electron chi connectivity index (χ1n) is 12.8. The van der Waals surface area contributed by atoms with Crippen LogP contribution in [-0.2, 0) is 19.7 Å². The van der Waals surface area contributed by atoms with Gasteiger partial charge in [0.15, 0.2) is 0 Å². The Kier molecular flexibility index (Phi) is 16.5. The Balaban J connectivity index is 3.41. The van der Waals surface area contributed by atoms with Crippen molar-refractivity contribution in [1.29, 1.82) is 0 Å². The Morgan fingerprint density at radius 2 is 0.971 bits per heavy atom. The smallest absolute Gasteiger partial charge is 0.356 e. The van der Waals surface area contributed by atoms with Crippen LogP contribution < -0.4 is 10.6 Å². The summed E-state index contributed by atoms with van der Waals surface area (Å²) in [5, 5.41) is 0.0654. The molecule has 0 spiro atoms. The van der Waals surface area contributed by atoms with Gasteiger partial charge in [0.1, 0.15) is 0 Å². The van der Waals surface area contributed by atoms with E-state index in [1.807, 2.05) is 26.1 Å². The van der Waals surface area contributed by atoms with E-state index in [-0.39, 0.29) is 17.9 Å². The molecule has 0 aromatic carbocycles. The minimum Gasteiger partial charge on any atom is -0.356 e. The number of nitrogens with one attached hydrogen (secondary N) is 2. The molecular formula is C24H46F2N2O5S. The Bertz CT molecular complexity index is 685. The Morgan fingerprint density at radius 3 is 1.26 bits per heavy atom. The molecule has 3 N–H and O–H groups in total. The summed E-state index contributed by atoms with van der Waals surface area (Å²) in [7, 11) is -5.74. The number of carbonyl (C=O) groups is 2. The van der Waals surface area contributed by atoms with E-state index in [0.29, 0.717) is 6.42 Å². The van der Waals surface area contributed by atoms with Crippen LogP contribution in [0.3, 0.4) is 0 Å². The molecule has 0 aliphatic rings. The highest BCUT2D eigenvalue weighted by Gasteiger charge is 2.52. The SMILES string of the molecule is CCC(C)(C)C(=O)NCCCCCCCCCCCCCCCCNC(=O)C(F)(F)S(=O)(=O)O. The molecule has 2 amide bonds. The summed E-state index contributed by atoms with van der Waals surface area (Å²) in [6.07, 6.45) is 15.9. The minimum absolute atomic E-state index is 0.0460. The molecule has 0 atom stereocenters. The van der Waals surface area contributed by atoms with Crippen molar-refractivity contribution in [3.05, 3.63) is 0 Å². The van der Waals surface area contributed by atoms with Crippen molar-refractivity contribution in [3.8, 4) is 0 Å². The molecule has 202 valence electrons. The second kappa shape index (κ2) is 17.2. The highest BCUT2D eigenvalue weighted by atomic mass is 32.2. The van der Waals surface area contributed by atoms with E-state index in [9.17, 15) is 26.8 Å². The fourth-order valence-corrected chi connectivity index (χ4v) is 3.70. The lowest BCUT2D eigenvalue weighted by molar-refractivity contribution is -0.136. The maximum Gasteiger partial charge on any atom is 0.446 e. The third kappa shape index (κ3) is 14.2. The van der Waals surface area contributed by atoms with Crippen LogP contribution in [0.1, 0.15) is 117 Å². The van der Waals surface area contributed by atoms with Gasteiger partial charge in [-0.3, -0.25) is 14.1 Å². The number of halogens is 2. The van der Waals surface area contributed by atoms with Gasteiger partial charge in [0.05, 0.1) is 0 Å². The average molecular weight is 513 g/mol. The summed E-state index contributed by atoms with van der Waals surface area (Å²) < 4.78 is 55.4. The Labute approximate surface area is 205 Å². The summed E-state index contributed by atoms with van der Waals surface area (Å²) in [5.41, 5.74) is -0.280. The first kappa shape index (κ1) is 32.7. The molecule has 0 aliphatic heterocycles. The van der Waals surface area contributed by atoms with E-state index < -0.39 is 21.3 Å². The van der Waals surface area contributed by atoms with Crippen LogP contribution in [0.2, 0.25) is 0 Å². The molecule has 0 aromatic rings.